The highest BCUT2D eigenvalue weighted by Crippen LogP contribution is 2.22. The van der Waals surface area contributed by atoms with Gasteiger partial charge in [0, 0.05) is 36.6 Å². The zero-order valence-electron chi connectivity index (χ0n) is 13.9. The molecule has 1 amide bonds. The van der Waals surface area contributed by atoms with E-state index >= 15 is 0 Å². The number of fused-ring (bicyclic) bond motifs is 1. The normalized spacial score (nSPS) is 11.8. The fourth-order valence-electron chi connectivity index (χ4n) is 2.55. The zero-order chi connectivity index (χ0) is 17.9. The molecule has 0 atom stereocenters. The summed E-state index contributed by atoms with van der Waals surface area (Å²) in [7, 11) is -3.65. The third kappa shape index (κ3) is 3.34. The molecule has 0 spiro atoms. The van der Waals surface area contributed by atoms with Crippen molar-refractivity contribution in [1.29, 1.82) is 0 Å². The number of benzene rings is 1. The van der Waals surface area contributed by atoms with Gasteiger partial charge in [0.1, 0.15) is 0 Å². The molecule has 0 unspecified atom stereocenters. The monoisotopic (exact) mass is 351 g/mol. The standard InChI is InChI=1S/C16H21N3O4S/c1-4-17-16(21)13-10-15(20)18-14-8-7-11(9-12(13)14)24(22,23)19(5-2)6-3/h7-10H,4-6H2,1-3H3,(H,17,21)(H,18,20). The summed E-state index contributed by atoms with van der Waals surface area (Å²) in [6.45, 7) is 6.41. The minimum Gasteiger partial charge on any atom is -0.352 e. The van der Waals surface area contributed by atoms with Crippen molar-refractivity contribution >= 4 is 26.8 Å². The van der Waals surface area contributed by atoms with E-state index in [0.29, 0.717) is 30.5 Å². The maximum absolute atomic E-state index is 12.7. The summed E-state index contributed by atoms with van der Waals surface area (Å²) < 4.78 is 26.7. The highest BCUT2D eigenvalue weighted by molar-refractivity contribution is 7.89. The molecular weight excluding hydrogens is 330 g/mol. The third-order valence-electron chi connectivity index (χ3n) is 3.74. The van der Waals surface area contributed by atoms with E-state index in [1.165, 1.54) is 28.6 Å². The van der Waals surface area contributed by atoms with Crippen LogP contribution in [0.1, 0.15) is 31.1 Å². The van der Waals surface area contributed by atoms with Gasteiger partial charge in [0.2, 0.25) is 15.6 Å². The van der Waals surface area contributed by atoms with Crippen LogP contribution < -0.4 is 10.9 Å². The Hall–Kier alpha value is -2.19. The molecule has 0 radical (unpaired) electrons. The molecule has 1 heterocycles. The molecule has 1 aromatic carbocycles. The summed E-state index contributed by atoms with van der Waals surface area (Å²) in [5, 5.41) is 3.03. The van der Waals surface area contributed by atoms with E-state index in [1.807, 2.05) is 0 Å². The van der Waals surface area contributed by atoms with Crippen molar-refractivity contribution in [3.8, 4) is 0 Å². The second kappa shape index (κ2) is 7.14. The Balaban J connectivity index is 2.70. The van der Waals surface area contributed by atoms with Gasteiger partial charge in [-0.05, 0) is 25.1 Å². The predicted octanol–water partition coefficient (Wildman–Crippen LogP) is 1.31. The van der Waals surface area contributed by atoms with Gasteiger partial charge in [-0.3, -0.25) is 9.59 Å². The summed E-state index contributed by atoms with van der Waals surface area (Å²) in [4.78, 5) is 26.6. The van der Waals surface area contributed by atoms with Gasteiger partial charge in [-0.2, -0.15) is 4.31 Å². The van der Waals surface area contributed by atoms with Gasteiger partial charge in [0.05, 0.1) is 10.5 Å². The smallest absolute Gasteiger partial charge is 0.252 e. The van der Waals surface area contributed by atoms with Crippen molar-refractivity contribution < 1.29 is 13.2 Å². The number of aromatic amines is 1. The van der Waals surface area contributed by atoms with Crippen LogP contribution in [-0.2, 0) is 10.0 Å². The van der Waals surface area contributed by atoms with Crippen LogP contribution >= 0.6 is 0 Å². The maximum atomic E-state index is 12.7. The summed E-state index contributed by atoms with van der Waals surface area (Å²) in [5.41, 5.74) is 0.164. The average Bonchev–Trinajstić information content (AvgIpc) is 2.54. The van der Waals surface area contributed by atoms with Crippen LogP contribution in [0.2, 0.25) is 0 Å². The molecule has 0 aliphatic carbocycles. The van der Waals surface area contributed by atoms with E-state index in [-0.39, 0.29) is 10.5 Å². The highest BCUT2D eigenvalue weighted by Gasteiger charge is 2.23. The molecule has 2 N–H and O–H groups in total. The van der Waals surface area contributed by atoms with Crippen LogP contribution in [0.25, 0.3) is 10.9 Å². The van der Waals surface area contributed by atoms with Gasteiger partial charge < -0.3 is 10.3 Å². The number of H-pyrrole nitrogens is 1. The molecule has 7 nitrogen and oxygen atoms in total. The Morgan fingerprint density at radius 1 is 1.17 bits per heavy atom. The van der Waals surface area contributed by atoms with Crippen molar-refractivity contribution in [1.82, 2.24) is 14.6 Å². The number of aromatic nitrogens is 1. The SMILES string of the molecule is CCNC(=O)c1cc(=O)[nH]c2ccc(S(=O)(=O)N(CC)CC)cc12. The molecule has 0 saturated carbocycles. The molecule has 2 rings (SSSR count). The molecule has 1 aromatic heterocycles. The Kier molecular flexibility index (Phi) is 5.40. The quantitative estimate of drug-likeness (QED) is 0.819. The van der Waals surface area contributed by atoms with Gasteiger partial charge >= 0.3 is 0 Å². The van der Waals surface area contributed by atoms with E-state index in [2.05, 4.69) is 10.3 Å². The Morgan fingerprint density at radius 3 is 2.42 bits per heavy atom. The number of hydrogen-bond acceptors (Lipinski definition) is 4. The Morgan fingerprint density at radius 2 is 1.83 bits per heavy atom. The molecule has 0 saturated heterocycles. The molecule has 0 aliphatic rings. The summed E-state index contributed by atoms with van der Waals surface area (Å²) in [6.07, 6.45) is 0. The zero-order valence-corrected chi connectivity index (χ0v) is 14.7. The lowest BCUT2D eigenvalue weighted by Crippen LogP contribution is -2.30. The number of carbonyl (C=O) groups excluding carboxylic acids is 1. The van der Waals surface area contributed by atoms with Gasteiger partial charge in [0.15, 0.2) is 0 Å². The topological polar surface area (TPSA) is 99.3 Å². The van der Waals surface area contributed by atoms with Crippen LogP contribution in [0.15, 0.2) is 34.0 Å². The van der Waals surface area contributed by atoms with Crippen molar-refractivity contribution in [3.63, 3.8) is 0 Å². The van der Waals surface area contributed by atoms with Gasteiger partial charge in [-0.1, -0.05) is 13.8 Å². The second-order valence-electron chi connectivity index (χ2n) is 5.20. The van der Waals surface area contributed by atoms with Gasteiger partial charge in [-0.15, -0.1) is 0 Å². The lowest BCUT2D eigenvalue weighted by atomic mass is 10.1. The summed E-state index contributed by atoms with van der Waals surface area (Å²) >= 11 is 0. The number of carbonyl (C=O) groups is 1. The molecular formula is C16H21N3O4S. The minimum atomic E-state index is -3.65. The van der Waals surface area contributed by atoms with E-state index in [4.69, 9.17) is 0 Å². The summed E-state index contributed by atoms with van der Waals surface area (Å²) in [5.74, 6) is -0.411. The average molecular weight is 351 g/mol. The first-order valence-corrected chi connectivity index (χ1v) is 9.24. The lowest BCUT2D eigenvalue weighted by Gasteiger charge is -2.19. The Labute approximate surface area is 140 Å². The molecule has 0 fully saturated rings. The number of nitrogens with zero attached hydrogens (tertiary/aromatic N) is 1. The van der Waals surface area contributed by atoms with Crippen molar-refractivity contribution in [3.05, 3.63) is 40.2 Å². The first-order valence-electron chi connectivity index (χ1n) is 7.80. The number of nitrogens with one attached hydrogen (secondary N) is 2. The van der Waals surface area contributed by atoms with Crippen molar-refractivity contribution in [2.24, 2.45) is 0 Å². The van der Waals surface area contributed by atoms with Crippen molar-refractivity contribution in [2.75, 3.05) is 19.6 Å². The summed E-state index contributed by atoms with van der Waals surface area (Å²) in [6, 6.07) is 5.56. The van der Waals surface area contributed by atoms with Crippen LogP contribution in [0.4, 0.5) is 0 Å². The van der Waals surface area contributed by atoms with E-state index < -0.39 is 21.5 Å². The fourth-order valence-corrected chi connectivity index (χ4v) is 4.03. The van der Waals surface area contributed by atoms with Crippen LogP contribution in [0.3, 0.4) is 0 Å². The number of pyridine rings is 1. The predicted molar refractivity (Wildman–Crippen MR) is 92.7 cm³/mol. The lowest BCUT2D eigenvalue weighted by molar-refractivity contribution is 0.0957. The second-order valence-corrected chi connectivity index (χ2v) is 7.14. The molecule has 2 aromatic rings. The first-order chi connectivity index (χ1) is 11.3. The number of rotatable bonds is 6. The third-order valence-corrected chi connectivity index (χ3v) is 5.79. The van der Waals surface area contributed by atoms with Gasteiger partial charge in [-0.25, -0.2) is 8.42 Å². The van der Waals surface area contributed by atoms with Gasteiger partial charge in [0.25, 0.3) is 5.91 Å². The largest absolute Gasteiger partial charge is 0.352 e. The van der Waals surface area contributed by atoms with Crippen LogP contribution in [-0.4, -0.2) is 43.2 Å². The maximum Gasteiger partial charge on any atom is 0.252 e. The van der Waals surface area contributed by atoms with Crippen molar-refractivity contribution in [2.45, 2.75) is 25.7 Å². The Bertz CT molecular complexity index is 915. The van der Waals surface area contributed by atoms with Crippen LogP contribution in [0, 0.1) is 0 Å². The number of amides is 1. The minimum absolute atomic E-state index is 0.0938. The number of hydrogen-bond donors (Lipinski definition) is 2. The first kappa shape index (κ1) is 18.2. The van der Waals surface area contributed by atoms with Crippen LogP contribution in [0.5, 0.6) is 0 Å². The molecule has 24 heavy (non-hydrogen) atoms. The molecule has 130 valence electrons. The van der Waals surface area contributed by atoms with E-state index in [9.17, 15) is 18.0 Å². The fraction of sp³-hybridized carbons (Fsp3) is 0.375. The molecule has 8 heteroatoms. The van der Waals surface area contributed by atoms with E-state index in [0.717, 1.165) is 0 Å². The molecule has 0 aliphatic heterocycles. The van der Waals surface area contributed by atoms with E-state index in [1.54, 1.807) is 20.8 Å². The number of sulfonamides is 1. The molecule has 0 bridgehead atoms. The highest BCUT2D eigenvalue weighted by atomic mass is 32.2.